The van der Waals surface area contributed by atoms with E-state index in [1.54, 1.807) is 0 Å². The van der Waals surface area contributed by atoms with Crippen LogP contribution in [0.25, 0.3) is 0 Å². The number of ketones is 2. The molecule has 0 radical (unpaired) electrons. The number of hydrogen-bond donors (Lipinski definition) is 7. The minimum Gasteiger partial charge on any atom is -0.349 e. The molecule has 3 atom stereocenters. The summed E-state index contributed by atoms with van der Waals surface area (Å²) in [6, 6.07) is -2.66. The number of carbonyl (C=O) groups excluding carboxylic acids is 9. The molecule has 49 heavy (non-hydrogen) atoms. The molecule has 0 unspecified atom stereocenters. The molecule has 1 rings (SSSR count). The molecule has 1 saturated heterocycles. The van der Waals surface area contributed by atoms with Gasteiger partial charge in [-0.25, -0.2) is 15.2 Å². The van der Waals surface area contributed by atoms with E-state index >= 15 is 0 Å². The van der Waals surface area contributed by atoms with Gasteiger partial charge in [-0.05, 0) is 38.5 Å². The normalized spacial score (nSPS) is 19.9. The Balaban J connectivity index is 0.0000230. The summed E-state index contributed by atoms with van der Waals surface area (Å²) in [6.07, 6.45) is -1.10. The zero-order valence-corrected chi connectivity index (χ0v) is 28.9. The smallest absolute Gasteiger partial charge is 0.243 e. The van der Waals surface area contributed by atoms with E-state index in [1.165, 1.54) is 0 Å². The molecule has 0 aliphatic carbocycles. The molecule has 0 aromatic heterocycles. The molecule has 0 spiro atoms. The molecule has 0 aromatic carbocycles. The average molecular weight is 742 g/mol. The van der Waals surface area contributed by atoms with Crippen molar-refractivity contribution in [2.45, 2.75) is 90.6 Å². The van der Waals surface area contributed by atoms with Crippen LogP contribution in [-0.4, -0.2) is 129 Å². The Labute approximate surface area is 294 Å². The number of hydroxylamine groups is 6. The Morgan fingerprint density at radius 1 is 0.612 bits per heavy atom. The third kappa shape index (κ3) is 18.4. The van der Waals surface area contributed by atoms with E-state index in [4.69, 9.17) is 0 Å². The van der Waals surface area contributed by atoms with Gasteiger partial charge in [-0.15, -0.1) is 0 Å². The number of Topliss-reactive ketones (excluding diaryl/α,β-unsaturated/α-hetero) is 2. The van der Waals surface area contributed by atoms with Crippen LogP contribution < -0.4 is 21.3 Å². The van der Waals surface area contributed by atoms with Crippen LogP contribution in [0.2, 0.25) is 0 Å². The van der Waals surface area contributed by atoms with E-state index in [-0.39, 0.29) is 88.1 Å². The molecule has 1 fully saturated rings. The standard InChI is InChI=1S/C29H47N7O12.Fe/c1-18(37)34(46)12-4-7-21-15-23(41)17-30-26(42)11-10-22(40)16-31-28(44)24(8-5-13-35(47)19(2)38)33-29(45)25(32-27(21)43)9-6-14-36(48)20(3)39;/h21,24-25,46-48H,4-17H2,1-3H3,(H,30,42)(H,31,44)(H,32,43)(H,33,45);/t21-,24+,25+;/m1./s1. The Hall–Kier alpha value is -3.97. The summed E-state index contributed by atoms with van der Waals surface area (Å²) >= 11 is 0. The van der Waals surface area contributed by atoms with E-state index in [9.17, 15) is 58.8 Å². The molecule has 1 aliphatic rings. The van der Waals surface area contributed by atoms with Crippen molar-refractivity contribution in [2.24, 2.45) is 5.92 Å². The van der Waals surface area contributed by atoms with Crippen molar-refractivity contribution >= 4 is 52.9 Å². The summed E-state index contributed by atoms with van der Waals surface area (Å²) in [7, 11) is 0. The van der Waals surface area contributed by atoms with Gasteiger partial charge in [0.05, 0.1) is 13.1 Å². The number of nitrogens with one attached hydrogen (secondary N) is 4. The van der Waals surface area contributed by atoms with Crippen molar-refractivity contribution in [1.82, 2.24) is 36.5 Å². The van der Waals surface area contributed by atoms with Gasteiger partial charge in [0.2, 0.25) is 41.4 Å². The monoisotopic (exact) mass is 741 g/mol. The van der Waals surface area contributed by atoms with Crippen LogP contribution in [0.4, 0.5) is 0 Å². The molecule has 7 N–H and O–H groups in total. The van der Waals surface area contributed by atoms with Crippen molar-refractivity contribution in [3.8, 4) is 0 Å². The first-order valence-electron chi connectivity index (χ1n) is 15.6. The van der Waals surface area contributed by atoms with E-state index in [0.717, 1.165) is 20.8 Å². The summed E-state index contributed by atoms with van der Waals surface area (Å²) in [5, 5.41) is 40.3. The van der Waals surface area contributed by atoms with E-state index in [1.807, 2.05) is 0 Å². The van der Waals surface area contributed by atoms with E-state index < -0.39 is 90.4 Å². The van der Waals surface area contributed by atoms with Gasteiger partial charge in [0.15, 0.2) is 11.6 Å². The van der Waals surface area contributed by atoms with Gasteiger partial charge >= 0.3 is 0 Å². The number of nitrogens with zero attached hydrogens (tertiary/aromatic N) is 3. The minimum absolute atomic E-state index is 0. The molecule has 1 aliphatic heterocycles. The average Bonchev–Trinajstić information content (AvgIpc) is 3.02. The number of rotatable bonds is 12. The number of amides is 7. The van der Waals surface area contributed by atoms with Crippen LogP contribution in [0.3, 0.4) is 0 Å². The van der Waals surface area contributed by atoms with Gasteiger partial charge in [0, 0.05) is 82.7 Å². The second-order valence-electron chi connectivity index (χ2n) is 11.4. The number of carbonyl (C=O) groups is 9. The summed E-state index contributed by atoms with van der Waals surface area (Å²) < 4.78 is 0. The van der Waals surface area contributed by atoms with Crippen LogP contribution in [0.1, 0.15) is 78.6 Å². The maximum Gasteiger partial charge on any atom is 0.243 e. The van der Waals surface area contributed by atoms with Crippen LogP contribution in [0.5, 0.6) is 0 Å². The summed E-state index contributed by atoms with van der Waals surface area (Å²) in [5.74, 6) is -7.14. The van der Waals surface area contributed by atoms with Crippen molar-refractivity contribution in [3.05, 3.63) is 0 Å². The Morgan fingerprint density at radius 3 is 1.53 bits per heavy atom. The molecular formula is C29H47FeN7O12. The number of hydrogen-bond acceptors (Lipinski definition) is 12. The van der Waals surface area contributed by atoms with Gasteiger partial charge in [-0.2, -0.15) is 0 Å². The molecule has 0 bridgehead atoms. The predicted molar refractivity (Wildman–Crippen MR) is 162 cm³/mol. The van der Waals surface area contributed by atoms with Gasteiger partial charge in [0.25, 0.3) is 0 Å². The van der Waals surface area contributed by atoms with Gasteiger partial charge < -0.3 is 21.3 Å². The van der Waals surface area contributed by atoms with E-state index in [2.05, 4.69) is 21.3 Å². The first kappa shape index (κ1) is 45.0. The zero-order chi connectivity index (χ0) is 36.4. The maximum absolute atomic E-state index is 13.6. The predicted octanol–water partition coefficient (Wildman–Crippen LogP) is -1.82. The van der Waals surface area contributed by atoms with Crippen molar-refractivity contribution in [3.63, 3.8) is 0 Å². The Kier molecular flexibility index (Phi) is 21.5. The Morgan fingerprint density at radius 2 is 1.04 bits per heavy atom. The first-order chi connectivity index (χ1) is 22.5. The molecule has 1 heterocycles. The third-order valence-corrected chi connectivity index (χ3v) is 7.42. The topological polar surface area (TPSA) is 272 Å². The summed E-state index contributed by atoms with van der Waals surface area (Å²) in [4.78, 5) is 112. The van der Waals surface area contributed by atoms with Crippen molar-refractivity contribution < 1.29 is 75.8 Å². The van der Waals surface area contributed by atoms with Gasteiger partial charge in [-0.1, -0.05) is 0 Å². The SMILES string of the molecule is CC(=O)N(O)CCC[C@@H]1CC(=O)CNC(=O)CCC(=O)CNC(=O)[C@H](CCCN(O)C(C)=O)NC(=O)[C@H](CCCN(O)C(C)=O)NC1=O.[Fe]. The van der Waals surface area contributed by atoms with Crippen molar-refractivity contribution in [1.29, 1.82) is 0 Å². The molecule has 7 amide bonds. The third-order valence-electron chi connectivity index (χ3n) is 7.42. The molecule has 19 nitrogen and oxygen atoms in total. The van der Waals surface area contributed by atoms with E-state index in [0.29, 0.717) is 15.2 Å². The zero-order valence-electron chi connectivity index (χ0n) is 27.8. The molecule has 20 heteroatoms. The fraction of sp³-hybridized carbons (Fsp3) is 0.690. The maximum atomic E-state index is 13.6. The second-order valence-corrected chi connectivity index (χ2v) is 11.4. The minimum atomic E-state index is -1.36. The quantitative estimate of drug-likeness (QED) is 0.0662. The molecular weight excluding hydrogens is 694 g/mol. The van der Waals surface area contributed by atoms with Gasteiger partial charge in [0.1, 0.15) is 12.1 Å². The second kappa shape index (κ2) is 23.4. The molecule has 0 aromatic rings. The van der Waals surface area contributed by atoms with Crippen LogP contribution in [-0.2, 0) is 60.2 Å². The first-order valence-corrected chi connectivity index (χ1v) is 15.6. The molecule has 0 saturated carbocycles. The van der Waals surface area contributed by atoms with Crippen LogP contribution in [0.15, 0.2) is 0 Å². The fourth-order valence-electron chi connectivity index (χ4n) is 4.56. The van der Waals surface area contributed by atoms with Crippen LogP contribution >= 0.6 is 0 Å². The summed E-state index contributed by atoms with van der Waals surface area (Å²) in [6.45, 7) is 1.86. The van der Waals surface area contributed by atoms with Crippen LogP contribution in [0, 0.1) is 5.92 Å². The van der Waals surface area contributed by atoms with Crippen molar-refractivity contribution in [2.75, 3.05) is 32.7 Å². The Bertz CT molecular complexity index is 1180. The van der Waals surface area contributed by atoms with Gasteiger partial charge in [-0.3, -0.25) is 58.8 Å². The largest absolute Gasteiger partial charge is 0.349 e. The fourth-order valence-corrected chi connectivity index (χ4v) is 4.56. The molecule has 278 valence electrons. The summed E-state index contributed by atoms with van der Waals surface area (Å²) in [5.41, 5.74) is 0.